The van der Waals surface area contributed by atoms with Crippen LogP contribution in [-0.4, -0.2) is 66.7 Å². The van der Waals surface area contributed by atoms with Gasteiger partial charge in [-0.05, 0) is 73.2 Å². The Morgan fingerprint density at radius 1 is 0.919 bits per heavy atom. The molecule has 1 aliphatic rings. The summed E-state index contributed by atoms with van der Waals surface area (Å²) in [4.78, 5) is 6.78. The summed E-state index contributed by atoms with van der Waals surface area (Å²) in [6, 6.07) is 21.1. The molecule has 0 bridgehead atoms. The minimum Gasteiger partial charge on any atom is -0.494 e. The van der Waals surface area contributed by atoms with Crippen LogP contribution >= 0.6 is 0 Å². The number of benzene rings is 3. The third-order valence-electron chi connectivity index (χ3n) is 6.65. The van der Waals surface area contributed by atoms with Gasteiger partial charge in [-0.3, -0.25) is 4.90 Å². The zero-order chi connectivity index (χ0) is 26.4. The van der Waals surface area contributed by atoms with Crippen molar-refractivity contribution in [3.8, 4) is 5.75 Å². The van der Waals surface area contributed by atoms with Crippen molar-refractivity contribution in [3.63, 3.8) is 0 Å². The lowest BCUT2D eigenvalue weighted by atomic mass is 10.0. The minimum atomic E-state index is -3.70. The van der Waals surface area contributed by atoms with Crippen LogP contribution in [-0.2, 0) is 10.0 Å². The van der Waals surface area contributed by atoms with Crippen molar-refractivity contribution in [1.29, 1.82) is 0 Å². The Morgan fingerprint density at radius 3 is 2.11 bits per heavy atom. The Kier molecular flexibility index (Phi) is 8.68. The van der Waals surface area contributed by atoms with Crippen LogP contribution in [0, 0.1) is 5.82 Å². The van der Waals surface area contributed by atoms with Crippen LogP contribution in [0.1, 0.15) is 18.5 Å². The molecule has 3 aromatic rings. The molecule has 0 radical (unpaired) electrons. The first kappa shape index (κ1) is 26.9. The molecule has 7 nitrogen and oxygen atoms in total. The molecule has 1 unspecified atom stereocenters. The van der Waals surface area contributed by atoms with E-state index in [0.29, 0.717) is 12.4 Å². The maximum Gasteiger partial charge on any atom is 0.240 e. The Hall–Kier alpha value is -3.14. The predicted molar refractivity (Wildman–Crippen MR) is 146 cm³/mol. The van der Waals surface area contributed by atoms with E-state index in [1.807, 2.05) is 25.9 Å². The molecule has 0 aliphatic carbocycles. The van der Waals surface area contributed by atoms with Gasteiger partial charge in [0.2, 0.25) is 10.0 Å². The molecular formula is C28H35FN4O3S. The number of sulfonamides is 1. The number of hydrogen-bond acceptors (Lipinski definition) is 6. The fourth-order valence-corrected chi connectivity index (χ4v) is 5.59. The molecule has 0 amide bonds. The first-order valence-corrected chi connectivity index (χ1v) is 14.0. The summed E-state index contributed by atoms with van der Waals surface area (Å²) in [6.45, 7) is 5.69. The SMILES string of the molecule is CCOc1ccc(S(=O)(=O)NCC(c2ccc(N(C)C)cc2)N2CCN(c3ccc(F)cc3)CC2)cc1. The third kappa shape index (κ3) is 6.80. The summed E-state index contributed by atoms with van der Waals surface area (Å²) < 4.78 is 47.8. The standard InChI is InChI=1S/C28H35FN4O3S/c1-4-36-26-13-15-27(16-14-26)37(34,35)30-21-28(22-5-9-24(10-6-22)31(2)3)33-19-17-32(18-20-33)25-11-7-23(29)8-12-25/h5-16,28,30H,4,17-21H2,1-3H3. The highest BCUT2D eigenvalue weighted by molar-refractivity contribution is 7.89. The zero-order valence-electron chi connectivity index (χ0n) is 21.6. The molecule has 1 fully saturated rings. The molecule has 1 N–H and O–H groups in total. The molecule has 1 saturated heterocycles. The van der Waals surface area contributed by atoms with Crippen molar-refractivity contribution in [2.45, 2.75) is 17.9 Å². The van der Waals surface area contributed by atoms with Gasteiger partial charge < -0.3 is 14.5 Å². The van der Waals surface area contributed by atoms with E-state index in [0.717, 1.165) is 43.1 Å². The van der Waals surface area contributed by atoms with Gasteiger partial charge in [-0.25, -0.2) is 17.5 Å². The average molecular weight is 527 g/mol. The van der Waals surface area contributed by atoms with Gasteiger partial charge in [-0.1, -0.05) is 12.1 Å². The van der Waals surface area contributed by atoms with Crippen molar-refractivity contribution in [1.82, 2.24) is 9.62 Å². The van der Waals surface area contributed by atoms with E-state index >= 15 is 0 Å². The van der Waals surface area contributed by atoms with E-state index in [4.69, 9.17) is 4.74 Å². The fourth-order valence-electron chi connectivity index (χ4n) is 4.55. The summed E-state index contributed by atoms with van der Waals surface area (Å²) >= 11 is 0. The van der Waals surface area contributed by atoms with E-state index in [1.54, 1.807) is 36.4 Å². The van der Waals surface area contributed by atoms with E-state index < -0.39 is 10.0 Å². The van der Waals surface area contributed by atoms with Crippen LogP contribution in [0.2, 0.25) is 0 Å². The summed E-state index contributed by atoms with van der Waals surface area (Å²) in [7, 11) is 0.285. The molecule has 1 heterocycles. The predicted octanol–water partition coefficient (Wildman–Crippen LogP) is 4.13. The topological polar surface area (TPSA) is 65.1 Å². The number of anilines is 2. The number of piperazine rings is 1. The maximum atomic E-state index is 13.4. The van der Waals surface area contributed by atoms with Crippen LogP contribution in [0.15, 0.2) is 77.7 Å². The van der Waals surface area contributed by atoms with Gasteiger partial charge in [0.15, 0.2) is 0 Å². The minimum absolute atomic E-state index is 0.135. The Morgan fingerprint density at radius 2 is 1.54 bits per heavy atom. The first-order chi connectivity index (χ1) is 17.8. The normalized spacial score (nSPS) is 15.4. The molecule has 3 aromatic carbocycles. The van der Waals surface area contributed by atoms with Crippen molar-refractivity contribution in [2.24, 2.45) is 0 Å². The smallest absolute Gasteiger partial charge is 0.240 e. The summed E-state index contributed by atoms with van der Waals surface area (Å²) in [5, 5.41) is 0. The highest BCUT2D eigenvalue weighted by Gasteiger charge is 2.27. The van der Waals surface area contributed by atoms with Crippen LogP contribution in [0.5, 0.6) is 5.75 Å². The van der Waals surface area contributed by atoms with Gasteiger partial charge >= 0.3 is 0 Å². The highest BCUT2D eigenvalue weighted by Crippen LogP contribution is 2.27. The second-order valence-electron chi connectivity index (χ2n) is 9.26. The lowest BCUT2D eigenvalue weighted by molar-refractivity contribution is 0.187. The molecule has 198 valence electrons. The summed E-state index contributed by atoms with van der Waals surface area (Å²) in [5.41, 5.74) is 3.12. The number of ether oxygens (including phenoxy) is 1. The zero-order valence-corrected chi connectivity index (χ0v) is 22.4. The Balaban J connectivity index is 1.50. The lowest BCUT2D eigenvalue weighted by Gasteiger charge is -2.40. The van der Waals surface area contributed by atoms with Crippen LogP contribution in [0.4, 0.5) is 15.8 Å². The summed E-state index contributed by atoms with van der Waals surface area (Å²) in [5.74, 6) is 0.391. The van der Waals surface area contributed by atoms with Gasteiger partial charge in [-0.2, -0.15) is 0 Å². The number of nitrogens with zero attached hydrogens (tertiary/aromatic N) is 3. The van der Waals surface area contributed by atoms with E-state index in [9.17, 15) is 12.8 Å². The van der Waals surface area contributed by atoms with Crippen molar-refractivity contribution in [2.75, 3.05) is 63.2 Å². The molecular weight excluding hydrogens is 491 g/mol. The monoisotopic (exact) mass is 526 g/mol. The van der Waals surface area contributed by atoms with Gasteiger partial charge in [-0.15, -0.1) is 0 Å². The highest BCUT2D eigenvalue weighted by atomic mass is 32.2. The van der Waals surface area contributed by atoms with Crippen molar-refractivity contribution < 1.29 is 17.5 Å². The fraction of sp³-hybridized carbons (Fsp3) is 0.357. The van der Waals surface area contributed by atoms with Gasteiger partial charge in [0.25, 0.3) is 0 Å². The quantitative estimate of drug-likeness (QED) is 0.429. The second-order valence-corrected chi connectivity index (χ2v) is 11.0. The molecule has 0 aromatic heterocycles. The second kappa shape index (κ2) is 11.9. The molecule has 0 saturated carbocycles. The number of rotatable bonds is 10. The largest absolute Gasteiger partial charge is 0.494 e. The van der Waals surface area contributed by atoms with Gasteiger partial charge in [0.1, 0.15) is 11.6 Å². The number of hydrogen-bond donors (Lipinski definition) is 1. The molecule has 4 rings (SSSR count). The van der Waals surface area contributed by atoms with Crippen molar-refractivity contribution in [3.05, 3.63) is 84.2 Å². The van der Waals surface area contributed by atoms with Crippen LogP contribution < -0.4 is 19.3 Å². The van der Waals surface area contributed by atoms with E-state index in [1.165, 1.54) is 12.1 Å². The number of nitrogens with one attached hydrogen (secondary N) is 1. The van der Waals surface area contributed by atoms with Crippen LogP contribution in [0.25, 0.3) is 0 Å². The van der Waals surface area contributed by atoms with E-state index in [2.05, 4.69) is 38.8 Å². The van der Waals surface area contributed by atoms with E-state index in [-0.39, 0.29) is 23.3 Å². The molecule has 1 aliphatic heterocycles. The first-order valence-electron chi connectivity index (χ1n) is 12.5. The molecule has 9 heteroatoms. The van der Waals surface area contributed by atoms with Crippen LogP contribution in [0.3, 0.4) is 0 Å². The molecule has 37 heavy (non-hydrogen) atoms. The van der Waals surface area contributed by atoms with Crippen molar-refractivity contribution >= 4 is 21.4 Å². The maximum absolute atomic E-state index is 13.4. The molecule has 1 atom stereocenters. The Bertz CT molecular complexity index is 1240. The third-order valence-corrected chi connectivity index (χ3v) is 8.09. The summed E-state index contributed by atoms with van der Waals surface area (Å²) in [6.07, 6.45) is 0. The van der Waals surface area contributed by atoms with Gasteiger partial charge in [0.05, 0.1) is 11.5 Å². The lowest BCUT2D eigenvalue weighted by Crippen LogP contribution is -2.49. The average Bonchev–Trinajstić information content (AvgIpc) is 2.90. The Labute approximate surface area is 219 Å². The molecule has 0 spiro atoms. The number of halogens is 1. The van der Waals surface area contributed by atoms with Gasteiger partial charge in [0, 0.05) is 64.2 Å².